The van der Waals surface area contributed by atoms with Gasteiger partial charge in [-0.25, -0.2) is 0 Å². The fourth-order valence-corrected chi connectivity index (χ4v) is 2.12. The normalized spacial score (nSPS) is 10.4. The molecule has 0 saturated carbocycles. The van der Waals surface area contributed by atoms with Gasteiger partial charge in [-0.3, -0.25) is 4.79 Å². The van der Waals surface area contributed by atoms with Crippen molar-refractivity contribution in [2.45, 2.75) is 51.9 Å². The fourth-order valence-electron chi connectivity index (χ4n) is 2.12. The molecule has 1 aromatic rings. The van der Waals surface area contributed by atoms with Crippen molar-refractivity contribution in [3.05, 3.63) is 23.8 Å². The summed E-state index contributed by atoms with van der Waals surface area (Å²) < 4.78 is 0. The third-order valence-corrected chi connectivity index (χ3v) is 3.35. The van der Waals surface area contributed by atoms with Crippen molar-refractivity contribution in [3.8, 4) is 5.75 Å². The van der Waals surface area contributed by atoms with Gasteiger partial charge < -0.3 is 16.2 Å². The summed E-state index contributed by atoms with van der Waals surface area (Å²) in [7, 11) is 0. The van der Waals surface area contributed by atoms with Gasteiger partial charge in [-0.05, 0) is 24.5 Å². The zero-order valence-corrected chi connectivity index (χ0v) is 12.3. The second-order valence-electron chi connectivity index (χ2n) is 5.15. The first-order chi connectivity index (χ1) is 9.63. The highest BCUT2D eigenvalue weighted by Crippen LogP contribution is 2.18. The summed E-state index contributed by atoms with van der Waals surface area (Å²) in [5.41, 5.74) is 7.31. The van der Waals surface area contributed by atoms with Crippen molar-refractivity contribution in [1.82, 2.24) is 5.32 Å². The van der Waals surface area contributed by atoms with Crippen LogP contribution in [0.2, 0.25) is 0 Å². The Hall–Kier alpha value is -1.71. The molecular formula is C16H26N2O2. The number of benzene rings is 1. The van der Waals surface area contributed by atoms with Crippen LogP contribution in [0.5, 0.6) is 5.75 Å². The number of aromatic hydroxyl groups is 1. The van der Waals surface area contributed by atoms with Crippen LogP contribution in [0.15, 0.2) is 18.2 Å². The molecular weight excluding hydrogens is 252 g/mol. The lowest BCUT2D eigenvalue weighted by Crippen LogP contribution is -2.25. The van der Waals surface area contributed by atoms with E-state index >= 15 is 0 Å². The molecule has 0 unspecified atom stereocenters. The fraction of sp³-hybridized carbons (Fsp3) is 0.562. The summed E-state index contributed by atoms with van der Waals surface area (Å²) in [6.07, 6.45) is 7.08. The molecule has 0 aliphatic heterocycles. The van der Waals surface area contributed by atoms with E-state index in [0.717, 1.165) is 18.4 Å². The first kappa shape index (κ1) is 16.3. The quantitative estimate of drug-likeness (QED) is 0.480. The predicted molar refractivity (Wildman–Crippen MR) is 82.6 cm³/mol. The first-order valence-electron chi connectivity index (χ1n) is 7.47. The topological polar surface area (TPSA) is 75.3 Å². The lowest BCUT2D eigenvalue weighted by atomic mass is 10.1. The molecule has 0 saturated heterocycles. The zero-order chi connectivity index (χ0) is 14.8. The van der Waals surface area contributed by atoms with E-state index < -0.39 is 0 Å². The van der Waals surface area contributed by atoms with Crippen LogP contribution < -0.4 is 11.1 Å². The molecule has 0 fully saturated rings. The summed E-state index contributed by atoms with van der Waals surface area (Å²) in [6, 6.07) is 4.94. The number of nitrogens with two attached hydrogens (primary N) is 1. The Morgan fingerprint density at radius 1 is 1.25 bits per heavy atom. The van der Waals surface area contributed by atoms with Crippen LogP contribution in [-0.4, -0.2) is 17.6 Å². The number of hydrogen-bond donors (Lipinski definition) is 3. The number of phenolic OH excluding ortho intramolecular Hbond substituents is 1. The maximum absolute atomic E-state index is 11.6. The van der Waals surface area contributed by atoms with Crippen LogP contribution in [-0.2, 0) is 11.2 Å². The molecule has 1 amide bonds. The molecule has 4 nitrogen and oxygen atoms in total. The SMILES string of the molecule is CCCCCCCC(=O)NCCc1ccc(O)cc1N. The smallest absolute Gasteiger partial charge is 0.220 e. The van der Waals surface area contributed by atoms with Crippen molar-refractivity contribution < 1.29 is 9.90 Å². The van der Waals surface area contributed by atoms with Gasteiger partial charge in [0, 0.05) is 24.7 Å². The maximum Gasteiger partial charge on any atom is 0.220 e. The average molecular weight is 278 g/mol. The molecule has 0 spiro atoms. The minimum atomic E-state index is 0.110. The second kappa shape index (κ2) is 9.23. The van der Waals surface area contributed by atoms with E-state index in [1.54, 1.807) is 12.1 Å². The Labute approximate surface area is 121 Å². The predicted octanol–water partition coefficient (Wildman–Crippen LogP) is 2.99. The molecule has 0 bridgehead atoms. The molecule has 0 aliphatic carbocycles. The van der Waals surface area contributed by atoms with Gasteiger partial charge in [-0.1, -0.05) is 38.7 Å². The molecule has 0 atom stereocenters. The van der Waals surface area contributed by atoms with E-state index in [1.807, 2.05) is 0 Å². The van der Waals surface area contributed by atoms with Gasteiger partial charge in [-0.15, -0.1) is 0 Å². The lowest BCUT2D eigenvalue weighted by Gasteiger charge is -2.08. The van der Waals surface area contributed by atoms with E-state index in [4.69, 9.17) is 5.73 Å². The number of carbonyl (C=O) groups excluding carboxylic acids is 1. The van der Waals surface area contributed by atoms with Crippen molar-refractivity contribution in [2.24, 2.45) is 0 Å². The summed E-state index contributed by atoms with van der Waals surface area (Å²) in [5, 5.41) is 12.2. The third kappa shape index (κ3) is 6.45. The van der Waals surface area contributed by atoms with Gasteiger partial charge in [0.1, 0.15) is 5.75 Å². The first-order valence-corrected chi connectivity index (χ1v) is 7.47. The number of hydrogen-bond acceptors (Lipinski definition) is 3. The van der Waals surface area contributed by atoms with Crippen LogP contribution in [0.25, 0.3) is 0 Å². The van der Waals surface area contributed by atoms with E-state index in [0.29, 0.717) is 25.1 Å². The average Bonchev–Trinajstić information content (AvgIpc) is 2.41. The molecule has 112 valence electrons. The van der Waals surface area contributed by atoms with E-state index in [2.05, 4.69) is 12.2 Å². The van der Waals surface area contributed by atoms with Gasteiger partial charge >= 0.3 is 0 Å². The maximum atomic E-state index is 11.6. The number of nitrogens with one attached hydrogen (secondary N) is 1. The molecule has 4 N–H and O–H groups in total. The third-order valence-electron chi connectivity index (χ3n) is 3.35. The van der Waals surface area contributed by atoms with Gasteiger partial charge in [0.15, 0.2) is 0 Å². The lowest BCUT2D eigenvalue weighted by molar-refractivity contribution is -0.121. The summed E-state index contributed by atoms with van der Waals surface area (Å²) >= 11 is 0. The molecule has 1 aromatic carbocycles. The standard InChI is InChI=1S/C16H26N2O2/c1-2-3-4-5-6-7-16(20)18-11-10-13-8-9-14(19)12-15(13)17/h8-9,12,19H,2-7,10-11,17H2,1H3,(H,18,20). The van der Waals surface area contributed by atoms with Gasteiger partial charge in [0.25, 0.3) is 0 Å². The number of amides is 1. The molecule has 0 heterocycles. The Morgan fingerprint density at radius 3 is 2.70 bits per heavy atom. The van der Waals surface area contributed by atoms with Crippen LogP contribution in [0, 0.1) is 0 Å². The highest BCUT2D eigenvalue weighted by atomic mass is 16.3. The van der Waals surface area contributed by atoms with Crippen LogP contribution in [0.4, 0.5) is 5.69 Å². The Morgan fingerprint density at radius 2 is 2.00 bits per heavy atom. The van der Waals surface area contributed by atoms with Gasteiger partial charge in [-0.2, -0.15) is 0 Å². The van der Waals surface area contributed by atoms with E-state index in [9.17, 15) is 9.90 Å². The molecule has 0 aliphatic rings. The Balaban J connectivity index is 2.15. The molecule has 0 radical (unpaired) electrons. The number of rotatable bonds is 9. The number of anilines is 1. The zero-order valence-electron chi connectivity index (χ0n) is 12.3. The van der Waals surface area contributed by atoms with E-state index in [1.165, 1.54) is 25.3 Å². The summed E-state index contributed by atoms with van der Waals surface area (Å²) in [5.74, 6) is 0.279. The van der Waals surface area contributed by atoms with Crippen molar-refractivity contribution in [2.75, 3.05) is 12.3 Å². The summed E-state index contributed by atoms with van der Waals surface area (Å²) in [4.78, 5) is 11.6. The highest BCUT2D eigenvalue weighted by Gasteiger charge is 2.03. The number of carbonyl (C=O) groups is 1. The minimum absolute atomic E-state index is 0.110. The van der Waals surface area contributed by atoms with E-state index in [-0.39, 0.29) is 11.7 Å². The van der Waals surface area contributed by atoms with Crippen molar-refractivity contribution >= 4 is 11.6 Å². The number of phenols is 1. The highest BCUT2D eigenvalue weighted by molar-refractivity contribution is 5.75. The molecule has 4 heteroatoms. The summed E-state index contributed by atoms with van der Waals surface area (Å²) in [6.45, 7) is 2.77. The minimum Gasteiger partial charge on any atom is -0.508 e. The Kier molecular flexibility index (Phi) is 7.55. The molecule has 20 heavy (non-hydrogen) atoms. The van der Waals surface area contributed by atoms with Crippen molar-refractivity contribution in [3.63, 3.8) is 0 Å². The number of nitrogen functional groups attached to an aromatic ring is 1. The Bertz CT molecular complexity index is 419. The monoisotopic (exact) mass is 278 g/mol. The van der Waals surface area contributed by atoms with Crippen LogP contribution >= 0.6 is 0 Å². The van der Waals surface area contributed by atoms with Crippen molar-refractivity contribution in [1.29, 1.82) is 0 Å². The number of unbranched alkanes of at least 4 members (excludes halogenated alkanes) is 4. The molecule has 1 rings (SSSR count). The second-order valence-corrected chi connectivity index (χ2v) is 5.15. The van der Waals surface area contributed by atoms with Gasteiger partial charge in [0.2, 0.25) is 5.91 Å². The largest absolute Gasteiger partial charge is 0.508 e. The van der Waals surface area contributed by atoms with Crippen LogP contribution in [0.3, 0.4) is 0 Å². The molecule has 0 aromatic heterocycles. The van der Waals surface area contributed by atoms with Gasteiger partial charge in [0.05, 0.1) is 0 Å². The van der Waals surface area contributed by atoms with Crippen LogP contribution in [0.1, 0.15) is 51.0 Å².